The molecule has 0 aromatic heterocycles. The van der Waals surface area contributed by atoms with Gasteiger partial charge in [-0.1, -0.05) is 53.4 Å². The van der Waals surface area contributed by atoms with Crippen LogP contribution in [0.1, 0.15) is 85.5 Å². The van der Waals surface area contributed by atoms with Crippen LogP contribution in [0.5, 0.6) is 0 Å². The van der Waals surface area contributed by atoms with E-state index in [0.29, 0.717) is 19.3 Å². The number of aldehydes is 2. The first-order valence-electron chi connectivity index (χ1n) is 9.24. The minimum absolute atomic E-state index is 0.0318. The third kappa shape index (κ3) is 9.11. The molecule has 0 bridgehead atoms. The van der Waals surface area contributed by atoms with E-state index in [0.717, 1.165) is 31.8 Å². The molecule has 0 heterocycles. The first kappa shape index (κ1) is 24.3. The highest BCUT2D eigenvalue weighted by Crippen LogP contribution is 2.44. The first-order valence-corrected chi connectivity index (χ1v) is 9.24. The van der Waals surface area contributed by atoms with Crippen molar-refractivity contribution >= 4 is 24.5 Å². The fourth-order valence-corrected chi connectivity index (χ4v) is 3.58. The molecule has 0 fully saturated rings. The van der Waals surface area contributed by atoms with Gasteiger partial charge in [-0.3, -0.25) is 0 Å². The molecule has 6 heteroatoms. The van der Waals surface area contributed by atoms with Crippen molar-refractivity contribution in [3.8, 4) is 0 Å². The second-order valence-corrected chi connectivity index (χ2v) is 8.77. The van der Waals surface area contributed by atoms with E-state index in [-0.39, 0.29) is 19.3 Å². The highest BCUT2D eigenvalue weighted by atomic mass is 16.4. The lowest BCUT2D eigenvalue weighted by atomic mass is 9.64. The van der Waals surface area contributed by atoms with Crippen LogP contribution in [0.15, 0.2) is 0 Å². The standard InChI is InChI=1S/C20H34O6/c1-18(2,14-21)12-20(17(25)26,13-19(3,4)15-22)11-9-7-5-6-8-10-16(23)24/h14-15H,5-13H2,1-4H3,(H,23,24)(H,25,26)/p-2. The number of aliphatic carboxylic acids is 2. The number of rotatable bonds is 15. The molecule has 0 atom stereocenters. The van der Waals surface area contributed by atoms with Crippen LogP contribution in [-0.4, -0.2) is 24.5 Å². The number of hydrogen-bond acceptors (Lipinski definition) is 6. The second-order valence-electron chi connectivity index (χ2n) is 8.77. The molecule has 150 valence electrons. The lowest BCUT2D eigenvalue weighted by molar-refractivity contribution is -0.322. The molecule has 0 saturated heterocycles. The third-order valence-corrected chi connectivity index (χ3v) is 4.70. The van der Waals surface area contributed by atoms with E-state index < -0.39 is 28.2 Å². The quantitative estimate of drug-likeness (QED) is 0.319. The van der Waals surface area contributed by atoms with Crippen molar-refractivity contribution in [1.29, 1.82) is 0 Å². The van der Waals surface area contributed by atoms with Crippen molar-refractivity contribution in [1.82, 2.24) is 0 Å². The van der Waals surface area contributed by atoms with Gasteiger partial charge in [0.25, 0.3) is 0 Å². The Hall–Kier alpha value is -1.72. The summed E-state index contributed by atoms with van der Waals surface area (Å²) in [5.74, 6) is -2.28. The maximum absolute atomic E-state index is 12.0. The lowest BCUT2D eigenvalue weighted by Crippen LogP contribution is -2.48. The first-order chi connectivity index (χ1) is 11.9. The number of carbonyl (C=O) groups excluding carboxylic acids is 4. The van der Waals surface area contributed by atoms with Gasteiger partial charge in [0.1, 0.15) is 12.6 Å². The Labute approximate surface area is 156 Å². The van der Waals surface area contributed by atoms with Crippen LogP contribution >= 0.6 is 0 Å². The van der Waals surface area contributed by atoms with Gasteiger partial charge in [0.15, 0.2) is 0 Å². The van der Waals surface area contributed by atoms with Gasteiger partial charge in [-0.05, 0) is 32.1 Å². The van der Waals surface area contributed by atoms with Gasteiger partial charge >= 0.3 is 0 Å². The molecule has 0 aromatic carbocycles. The maximum atomic E-state index is 12.0. The van der Waals surface area contributed by atoms with Crippen molar-refractivity contribution in [3.63, 3.8) is 0 Å². The van der Waals surface area contributed by atoms with E-state index in [2.05, 4.69) is 0 Å². The van der Waals surface area contributed by atoms with E-state index in [9.17, 15) is 29.4 Å². The van der Waals surface area contributed by atoms with Crippen LogP contribution in [0.25, 0.3) is 0 Å². The Bertz CT molecular complexity index is 471. The summed E-state index contributed by atoms with van der Waals surface area (Å²) in [6.45, 7) is 6.74. The molecule has 6 nitrogen and oxygen atoms in total. The summed E-state index contributed by atoms with van der Waals surface area (Å²) in [4.78, 5) is 45.1. The fourth-order valence-electron chi connectivity index (χ4n) is 3.58. The predicted molar refractivity (Wildman–Crippen MR) is 93.7 cm³/mol. The molecule has 0 aliphatic carbocycles. The van der Waals surface area contributed by atoms with Gasteiger partial charge in [-0.2, -0.15) is 0 Å². The summed E-state index contributed by atoms with van der Waals surface area (Å²) < 4.78 is 0. The Kier molecular flexibility index (Phi) is 9.74. The zero-order valence-corrected chi connectivity index (χ0v) is 16.5. The Morgan fingerprint density at radius 1 is 0.769 bits per heavy atom. The van der Waals surface area contributed by atoms with Crippen LogP contribution in [-0.2, 0) is 19.2 Å². The molecular weight excluding hydrogens is 336 g/mol. The molecule has 0 aliphatic rings. The predicted octanol–water partition coefficient (Wildman–Crippen LogP) is 1.43. The summed E-state index contributed by atoms with van der Waals surface area (Å²) in [5.41, 5.74) is -2.90. The minimum atomic E-state index is -1.25. The molecule has 0 saturated carbocycles. The number of hydrogen-bond donors (Lipinski definition) is 0. The summed E-state index contributed by atoms with van der Waals surface area (Å²) in [5, 5.41) is 22.4. The molecule has 0 unspecified atom stereocenters. The molecule has 0 aromatic rings. The van der Waals surface area contributed by atoms with Gasteiger partial charge in [0, 0.05) is 28.2 Å². The molecule has 0 spiro atoms. The molecule has 0 N–H and O–H groups in total. The average Bonchev–Trinajstić information content (AvgIpc) is 2.52. The summed E-state index contributed by atoms with van der Waals surface area (Å²) >= 11 is 0. The molecular formula is C20H32O6-2. The SMILES string of the molecule is CC(C)(C=O)CC(CCCCCCCC(=O)[O-])(CC(C)(C)C=O)C(=O)[O-]. The largest absolute Gasteiger partial charge is 0.550 e. The third-order valence-electron chi connectivity index (χ3n) is 4.70. The van der Waals surface area contributed by atoms with Crippen LogP contribution in [0.4, 0.5) is 0 Å². The second kappa shape index (κ2) is 10.4. The molecule has 0 amide bonds. The van der Waals surface area contributed by atoms with Gasteiger partial charge in [-0.25, -0.2) is 0 Å². The van der Waals surface area contributed by atoms with Crippen molar-refractivity contribution in [2.75, 3.05) is 0 Å². The molecule has 0 aliphatic heterocycles. The molecule has 26 heavy (non-hydrogen) atoms. The average molecular weight is 368 g/mol. The lowest BCUT2D eigenvalue weighted by Gasteiger charge is -2.42. The topological polar surface area (TPSA) is 114 Å². The monoisotopic (exact) mass is 368 g/mol. The number of carboxylic acids is 2. The maximum Gasteiger partial charge on any atom is 0.125 e. The van der Waals surface area contributed by atoms with E-state index in [1.54, 1.807) is 27.7 Å². The van der Waals surface area contributed by atoms with E-state index in [4.69, 9.17) is 0 Å². The van der Waals surface area contributed by atoms with E-state index >= 15 is 0 Å². The Morgan fingerprint density at radius 2 is 1.19 bits per heavy atom. The van der Waals surface area contributed by atoms with Crippen molar-refractivity contribution in [2.45, 2.75) is 85.5 Å². The number of unbranched alkanes of at least 4 members (excludes halogenated alkanes) is 4. The number of carbonyl (C=O) groups is 4. The summed E-state index contributed by atoms with van der Waals surface area (Å²) in [6.07, 6.45) is 5.54. The zero-order chi connectivity index (χ0) is 20.4. The smallest absolute Gasteiger partial charge is 0.125 e. The van der Waals surface area contributed by atoms with Gasteiger partial charge in [0.2, 0.25) is 0 Å². The van der Waals surface area contributed by atoms with E-state index in [1.165, 1.54) is 0 Å². The van der Waals surface area contributed by atoms with Gasteiger partial charge in [0.05, 0.1) is 0 Å². The minimum Gasteiger partial charge on any atom is -0.550 e. The van der Waals surface area contributed by atoms with Crippen molar-refractivity contribution in [3.05, 3.63) is 0 Å². The van der Waals surface area contributed by atoms with Crippen LogP contribution < -0.4 is 10.2 Å². The van der Waals surface area contributed by atoms with Crippen molar-refractivity contribution in [2.24, 2.45) is 16.2 Å². The number of carboxylic acid groups (broad SMARTS) is 2. The van der Waals surface area contributed by atoms with Gasteiger partial charge in [-0.15, -0.1) is 0 Å². The fraction of sp³-hybridized carbons (Fsp3) is 0.800. The van der Waals surface area contributed by atoms with Crippen LogP contribution in [0, 0.1) is 16.2 Å². The van der Waals surface area contributed by atoms with Crippen molar-refractivity contribution < 1.29 is 29.4 Å². The normalized spacial score (nSPS) is 12.6. The highest BCUT2D eigenvalue weighted by Gasteiger charge is 2.41. The zero-order valence-electron chi connectivity index (χ0n) is 16.5. The van der Waals surface area contributed by atoms with E-state index in [1.807, 2.05) is 0 Å². The van der Waals surface area contributed by atoms with Crippen LogP contribution in [0.2, 0.25) is 0 Å². The Morgan fingerprint density at radius 3 is 1.58 bits per heavy atom. The highest BCUT2D eigenvalue weighted by molar-refractivity contribution is 5.75. The van der Waals surface area contributed by atoms with Crippen LogP contribution in [0.3, 0.4) is 0 Å². The molecule has 0 radical (unpaired) electrons. The molecule has 0 rings (SSSR count). The Balaban J connectivity index is 5.01. The van der Waals surface area contributed by atoms with Gasteiger partial charge < -0.3 is 29.4 Å². The summed E-state index contributed by atoms with van der Waals surface area (Å²) in [6, 6.07) is 0. The summed E-state index contributed by atoms with van der Waals surface area (Å²) in [7, 11) is 0.